The number of anilines is 1. The minimum Gasteiger partial charge on any atom is -0.469 e. The lowest BCUT2D eigenvalue weighted by atomic mass is 10.0. The predicted octanol–water partition coefficient (Wildman–Crippen LogP) is 2.09. The second-order valence-corrected chi connectivity index (χ2v) is 5.91. The highest BCUT2D eigenvalue weighted by Gasteiger charge is 2.33. The number of esters is 1. The minimum atomic E-state index is -0.163. The molecule has 2 rings (SSSR count). The molecule has 124 valence electrons. The van der Waals surface area contributed by atoms with Gasteiger partial charge in [0.25, 0.3) is 0 Å². The number of allylic oxidation sites excluding steroid dienone is 1. The van der Waals surface area contributed by atoms with E-state index in [-0.39, 0.29) is 23.6 Å². The van der Waals surface area contributed by atoms with Crippen molar-refractivity contribution in [1.29, 1.82) is 5.41 Å². The van der Waals surface area contributed by atoms with Gasteiger partial charge in [-0.15, -0.1) is 0 Å². The van der Waals surface area contributed by atoms with E-state index in [2.05, 4.69) is 15.3 Å². The van der Waals surface area contributed by atoms with Crippen molar-refractivity contribution in [2.24, 2.45) is 11.7 Å². The molecule has 1 fully saturated rings. The number of aromatic nitrogens is 2. The number of methoxy groups -OCH3 is 1. The highest BCUT2D eigenvalue weighted by Crippen LogP contribution is 2.37. The van der Waals surface area contributed by atoms with Gasteiger partial charge in [-0.1, -0.05) is 0 Å². The first kappa shape index (κ1) is 16.9. The summed E-state index contributed by atoms with van der Waals surface area (Å²) in [5.41, 5.74) is 6.93. The Morgan fingerprint density at radius 3 is 2.87 bits per heavy atom. The number of nitrogens with one attached hydrogen (secondary N) is 2. The van der Waals surface area contributed by atoms with Crippen molar-refractivity contribution < 1.29 is 9.53 Å². The molecule has 0 amide bonds. The van der Waals surface area contributed by atoms with E-state index in [1.807, 2.05) is 6.92 Å². The molecule has 1 aromatic heterocycles. The number of hydrogen-bond acceptors (Lipinski definition) is 6. The maximum Gasteiger partial charge on any atom is 0.308 e. The summed E-state index contributed by atoms with van der Waals surface area (Å²) in [5.74, 6) is 1.35. The molecule has 4 N–H and O–H groups in total. The Bertz CT molecular complexity index is 637. The molecule has 1 saturated carbocycles. The number of nitrogens with zero attached hydrogens (tertiary/aromatic N) is 2. The van der Waals surface area contributed by atoms with Gasteiger partial charge in [-0.25, -0.2) is 9.97 Å². The average Bonchev–Trinajstić information content (AvgIpc) is 2.94. The van der Waals surface area contributed by atoms with Crippen LogP contribution in [0.3, 0.4) is 0 Å². The van der Waals surface area contributed by atoms with Gasteiger partial charge in [0, 0.05) is 23.4 Å². The van der Waals surface area contributed by atoms with Gasteiger partial charge in [0.15, 0.2) is 0 Å². The smallest absolute Gasteiger partial charge is 0.308 e. The first-order valence-electron chi connectivity index (χ1n) is 7.61. The molecule has 0 spiro atoms. The van der Waals surface area contributed by atoms with E-state index in [1.54, 1.807) is 13.0 Å². The summed E-state index contributed by atoms with van der Waals surface area (Å²) < 4.78 is 4.82. The molecule has 2 atom stereocenters. The van der Waals surface area contributed by atoms with Crippen molar-refractivity contribution in [1.82, 2.24) is 9.97 Å². The molecule has 7 nitrogen and oxygen atoms in total. The van der Waals surface area contributed by atoms with E-state index in [1.165, 1.54) is 13.2 Å². The lowest BCUT2D eigenvalue weighted by Gasteiger charge is -2.12. The van der Waals surface area contributed by atoms with Crippen LogP contribution in [0.1, 0.15) is 43.6 Å². The van der Waals surface area contributed by atoms with E-state index in [9.17, 15) is 4.79 Å². The van der Waals surface area contributed by atoms with Gasteiger partial charge in [-0.3, -0.25) is 10.2 Å². The summed E-state index contributed by atoms with van der Waals surface area (Å²) in [4.78, 5) is 20.6. The first-order chi connectivity index (χ1) is 10.9. The van der Waals surface area contributed by atoms with Gasteiger partial charge >= 0.3 is 5.97 Å². The SMILES string of the molecule is COC(=O)C1CCC(c2nc(C)cc(NC(=N)/C=C(/C)N)n2)C1. The van der Waals surface area contributed by atoms with Crippen LogP contribution in [0.15, 0.2) is 17.8 Å². The van der Waals surface area contributed by atoms with E-state index in [0.29, 0.717) is 23.8 Å². The molecule has 0 saturated heterocycles. The van der Waals surface area contributed by atoms with Crippen LogP contribution in [-0.4, -0.2) is 28.9 Å². The maximum atomic E-state index is 11.7. The van der Waals surface area contributed by atoms with E-state index in [4.69, 9.17) is 15.9 Å². The number of carbonyl (C=O) groups is 1. The Morgan fingerprint density at radius 1 is 1.48 bits per heavy atom. The van der Waals surface area contributed by atoms with Crippen LogP contribution in [0.5, 0.6) is 0 Å². The monoisotopic (exact) mass is 317 g/mol. The fraction of sp³-hybridized carbons (Fsp3) is 0.500. The molecule has 1 aliphatic rings. The average molecular weight is 317 g/mol. The summed E-state index contributed by atoms with van der Waals surface area (Å²) in [6, 6.07) is 1.78. The zero-order valence-corrected chi connectivity index (χ0v) is 13.7. The largest absolute Gasteiger partial charge is 0.469 e. The zero-order valence-electron chi connectivity index (χ0n) is 13.7. The molecule has 0 radical (unpaired) electrons. The summed E-state index contributed by atoms with van der Waals surface area (Å²) in [6.45, 7) is 3.61. The standard InChI is InChI=1S/C16H23N5O2/c1-9(17)6-13(18)20-14-7-10(2)19-15(21-14)11-4-5-12(8-11)16(22)23-3/h6-7,11-12H,4-5,8,17H2,1-3H3,(H2,18,19,20,21)/b9-6-. The highest BCUT2D eigenvalue weighted by atomic mass is 16.5. The summed E-state index contributed by atoms with van der Waals surface area (Å²) >= 11 is 0. The van der Waals surface area contributed by atoms with Crippen molar-refractivity contribution in [3.63, 3.8) is 0 Å². The molecule has 7 heteroatoms. The van der Waals surface area contributed by atoms with E-state index >= 15 is 0 Å². The van der Waals surface area contributed by atoms with E-state index in [0.717, 1.165) is 18.5 Å². The first-order valence-corrected chi connectivity index (χ1v) is 7.61. The lowest BCUT2D eigenvalue weighted by Crippen LogP contribution is -2.14. The highest BCUT2D eigenvalue weighted by molar-refractivity contribution is 6.01. The van der Waals surface area contributed by atoms with Gasteiger partial charge in [-0.05, 0) is 39.2 Å². The lowest BCUT2D eigenvalue weighted by molar-refractivity contribution is -0.145. The minimum absolute atomic E-state index is 0.0772. The van der Waals surface area contributed by atoms with Crippen LogP contribution in [0.25, 0.3) is 0 Å². The van der Waals surface area contributed by atoms with Crippen molar-refractivity contribution >= 4 is 17.6 Å². The number of rotatable bonds is 4. The van der Waals surface area contributed by atoms with Crippen LogP contribution in [-0.2, 0) is 9.53 Å². The van der Waals surface area contributed by atoms with Crippen LogP contribution < -0.4 is 11.1 Å². The molecular weight excluding hydrogens is 294 g/mol. The number of nitrogens with two attached hydrogens (primary N) is 1. The fourth-order valence-corrected chi connectivity index (χ4v) is 2.84. The van der Waals surface area contributed by atoms with Gasteiger partial charge in [0.1, 0.15) is 17.5 Å². The molecule has 1 aliphatic carbocycles. The third-order valence-electron chi connectivity index (χ3n) is 3.84. The molecule has 0 aromatic carbocycles. The molecule has 1 aromatic rings. The Hall–Kier alpha value is -2.44. The van der Waals surface area contributed by atoms with Crippen molar-refractivity contribution in [3.8, 4) is 0 Å². The third-order valence-corrected chi connectivity index (χ3v) is 3.84. The Labute approximate surface area is 135 Å². The second kappa shape index (κ2) is 7.21. The van der Waals surface area contributed by atoms with Crippen molar-refractivity contribution in [2.75, 3.05) is 12.4 Å². The second-order valence-electron chi connectivity index (χ2n) is 5.91. The fourth-order valence-electron chi connectivity index (χ4n) is 2.84. The van der Waals surface area contributed by atoms with Gasteiger partial charge < -0.3 is 15.8 Å². The van der Waals surface area contributed by atoms with Gasteiger partial charge in [0.05, 0.1) is 13.0 Å². The Kier molecular flexibility index (Phi) is 5.31. The summed E-state index contributed by atoms with van der Waals surface area (Å²) in [6.07, 6.45) is 3.89. The summed E-state index contributed by atoms with van der Waals surface area (Å²) in [7, 11) is 1.42. The van der Waals surface area contributed by atoms with E-state index < -0.39 is 0 Å². The number of carbonyl (C=O) groups excluding carboxylic acids is 1. The normalized spacial score (nSPS) is 21.1. The van der Waals surface area contributed by atoms with Crippen LogP contribution in [0.2, 0.25) is 0 Å². The van der Waals surface area contributed by atoms with Gasteiger partial charge in [0.2, 0.25) is 0 Å². The molecule has 2 unspecified atom stereocenters. The molecule has 23 heavy (non-hydrogen) atoms. The van der Waals surface area contributed by atoms with Crippen LogP contribution in [0, 0.1) is 18.3 Å². The third kappa shape index (κ3) is 4.51. The number of amidine groups is 1. The topological polar surface area (TPSA) is 114 Å². The number of ether oxygens (including phenoxy) is 1. The summed E-state index contributed by atoms with van der Waals surface area (Å²) in [5, 5.41) is 10.7. The van der Waals surface area contributed by atoms with Crippen molar-refractivity contribution in [3.05, 3.63) is 29.4 Å². The molecule has 0 aliphatic heterocycles. The van der Waals surface area contributed by atoms with Crippen LogP contribution in [0.4, 0.5) is 5.82 Å². The maximum absolute atomic E-state index is 11.7. The van der Waals surface area contributed by atoms with Crippen molar-refractivity contribution in [2.45, 2.75) is 39.0 Å². The number of aryl methyl sites for hydroxylation is 1. The zero-order chi connectivity index (χ0) is 17.0. The van der Waals surface area contributed by atoms with Crippen LogP contribution >= 0.6 is 0 Å². The Balaban J connectivity index is 2.13. The predicted molar refractivity (Wildman–Crippen MR) is 88.2 cm³/mol. The Morgan fingerprint density at radius 2 is 2.22 bits per heavy atom. The number of hydrogen-bond donors (Lipinski definition) is 3. The molecule has 0 bridgehead atoms. The molecular formula is C16H23N5O2. The molecule has 1 heterocycles. The van der Waals surface area contributed by atoms with Gasteiger partial charge in [-0.2, -0.15) is 0 Å². The quantitative estimate of drug-likeness (QED) is 0.445.